The molecule has 3 aromatic heterocycles. The number of hydrogen-bond donors (Lipinski definition) is 3. The second-order valence-corrected chi connectivity index (χ2v) is 6.81. The van der Waals surface area contributed by atoms with E-state index < -0.39 is 11.9 Å². The molecule has 26 heavy (non-hydrogen) atoms. The SMILES string of the molecule is CC(O)CNC(=O)c1nc(NC(C)c2cncc(F)c2)nc2ccsc12. The quantitative estimate of drug-likeness (QED) is 0.612. The highest BCUT2D eigenvalue weighted by Gasteiger charge is 2.18. The zero-order valence-corrected chi connectivity index (χ0v) is 15.0. The first-order valence-corrected chi connectivity index (χ1v) is 8.90. The number of rotatable bonds is 6. The molecule has 2 atom stereocenters. The van der Waals surface area contributed by atoms with Crippen molar-refractivity contribution in [3.05, 3.63) is 47.0 Å². The van der Waals surface area contributed by atoms with Crippen molar-refractivity contribution in [2.75, 3.05) is 11.9 Å². The van der Waals surface area contributed by atoms with Gasteiger partial charge in [0.05, 0.1) is 28.6 Å². The first kappa shape index (κ1) is 18.2. The van der Waals surface area contributed by atoms with Crippen molar-refractivity contribution in [3.63, 3.8) is 0 Å². The molecule has 0 spiro atoms. The Kier molecular flexibility index (Phi) is 5.38. The number of aliphatic hydroxyl groups is 1. The summed E-state index contributed by atoms with van der Waals surface area (Å²) in [6.07, 6.45) is 2.03. The zero-order valence-electron chi connectivity index (χ0n) is 14.2. The minimum atomic E-state index is -0.655. The number of thiophene rings is 1. The maximum absolute atomic E-state index is 13.4. The van der Waals surface area contributed by atoms with Crippen molar-refractivity contribution in [1.29, 1.82) is 0 Å². The van der Waals surface area contributed by atoms with Crippen molar-refractivity contribution in [3.8, 4) is 0 Å². The van der Waals surface area contributed by atoms with Crippen LogP contribution in [0.15, 0.2) is 29.9 Å². The van der Waals surface area contributed by atoms with E-state index in [1.54, 1.807) is 19.2 Å². The molecule has 0 fully saturated rings. The third kappa shape index (κ3) is 4.12. The lowest BCUT2D eigenvalue weighted by Crippen LogP contribution is -2.31. The van der Waals surface area contributed by atoms with Crippen LogP contribution >= 0.6 is 11.3 Å². The van der Waals surface area contributed by atoms with Gasteiger partial charge in [0.1, 0.15) is 5.82 Å². The van der Waals surface area contributed by atoms with Gasteiger partial charge in [0.25, 0.3) is 5.91 Å². The van der Waals surface area contributed by atoms with Crippen LogP contribution in [0.2, 0.25) is 0 Å². The standard InChI is InChI=1S/C17H18FN5O2S/c1-9(24)6-20-16(25)14-15-13(3-4-26-15)22-17(23-14)21-10(2)11-5-12(18)8-19-7-11/h3-5,7-10,24H,6H2,1-2H3,(H,20,25)(H,21,22,23). The van der Waals surface area contributed by atoms with Gasteiger partial charge in [0.15, 0.2) is 5.69 Å². The molecule has 0 aliphatic heterocycles. The summed E-state index contributed by atoms with van der Waals surface area (Å²) in [6, 6.07) is 2.87. The predicted octanol–water partition coefficient (Wildman–Crippen LogP) is 2.51. The number of nitrogens with one attached hydrogen (secondary N) is 2. The van der Waals surface area contributed by atoms with E-state index in [1.807, 2.05) is 12.3 Å². The van der Waals surface area contributed by atoms with Gasteiger partial charge in [-0.25, -0.2) is 14.4 Å². The Morgan fingerprint density at radius 1 is 1.35 bits per heavy atom. The smallest absolute Gasteiger partial charge is 0.271 e. The van der Waals surface area contributed by atoms with E-state index in [-0.39, 0.29) is 30.1 Å². The number of fused-ring (bicyclic) bond motifs is 1. The molecule has 7 nitrogen and oxygen atoms in total. The Labute approximate surface area is 153 Å². The van der Waals surface area contributed by atoms with E-state index in [9.17, 15) is 14.3 Å². The molecule has 0 aliphatic rings. The summed E-state index contributed by atoms with van der Waals surface area (Å²) >= 11 is 1.37. The average molecular weight is 375 g/mol. The minimum Gasteiger partial charge on any atom is -0.392 e. The summed E-state index contributed by atoms with van der Waals surface area (Å²) in [6.45, 7) is 3.54. The fraction of sp³-hybridized carbons (Fsp3) is 0.294. The number of aromatic nitrogens is 3. The highest BCUT2D eigenvalue weighted by Crippen LogP contribution is 2.25. The van der Waals surface area contributed by atoms with Crippen LogP contribution < -0.4 is 10.6 Å². The molecule has 3 N–H and O–H groups in total. The van der Waals surface area contributed by atoms with Crippen LogP contribution in [0, 0.1) is 5.82 Å². The summed E-state index contributed by atoms with van der Waals surface area (Å²) in [5, 5.41) is 16.9. The van der Waals surface area contributed by atoms with E-state index in [0.717, 1.165) is 6.20 Å². The van der Waals surface area contributed by atoms with Crippen LogP contribution in [0.5, 0.6) is 0 Å². The number of nitrogens with zero attached hydrogens (tertiary/aromatic N) is 3. The van der Waals surface area contributed by atoms with Gasteiger partial charge in [-0.3, -0.25) is 9.78 Å². The van der Waals surface area contributed by atoms with Crippen molar-refractivity contribution < 1.29 is 14.3 Å². The van der Waals surface area contributed by atoms with E-state index in [2.05, 4.69) is 25.6 Å². The lowest BCUT2D eigenvalue weighted by molar-refractivity contribution is 0.0921. The van der Waals surface area contributed by atoms with E-state index in [0.29, 0.717) is 15.8 Å². The highest BCUT2D eigenvalue weighted by atomic mass is 32.1. The zero-order chi connectivity index (χ0) is 18.7. The molecule has 0 aliphatic carbocycles. The number of carbonyl (C=O) groups is 1. The Balaban J connectivity index is 1.88. The molecule has 1 amide bonds. The third-order valence-electron chi connectivity index (χ3n) is 3.65. The highest BCUT2D eigenvalue weighted by molar-refractivity contribution is 7.17. The van der Waals surface area contributed by atoms with Gasteiger partial charge in [-0.15, -0.1) is 11.3 Å². The number of pyridine rings is 1. The second-order valence-electron chi connectivity index (χ2n) is 5.89. The molecule has 136 valence electrons. The van der Waals surface area contributed by atoms with Crippen LogP contribution in [-0.4, -0.2) is 38.6 Å². The maximum Gasteiger partial charge on any atom is 0.271 e. The molecule has 3 aromatic rings. The summed E-state index contributed by atoms with van der Waals surface area (Å²) in [5.41, 5.74) is 1.51. The van der Waals surface area contributed by atoms with E-state index in [1.165, 1.54) is 17.4 Å². The van der Waals surface area contributed by atoms with E-state index >= 15 is 0 Å². The second kappa shape index (κ2) is 7.71. The van der Waals surface area contributed by atoms with Gasteiger partial charge >= 0.3 is 0 Å². The molecular formula is C17H18FN5O2S. The molecule has 0 aromatic carbocycles. The number of carbonyl (C=O) groups excluding carboxylic acids is 1. The first-order valence-electron chi connectivity index (χ1n) is 8.02. The first-order chi connectivity index (χ1) is 12.4. The lowest BCUT2D eigenvalue weighted by atomic mass is 10.1. The number of hydrogen-bond acceptors (Lipinski definition) is 7. The molecule has 3 heterocycles. The topological polar surface area (TPSA) is 100 Å². The summed E-state index contributed by atoms with van der Waals surface area (Å²) < 4.78 is 14.0. The number of halogens is 1. The van der Waals surface area contributed by atoms with Gasteiger partial charge in [0.2, 0.25) is 5.95 Å². The van der Waals surface area contributed by atoms with Crippen molar-refractivity contribution in [1.82, 2.24) is 20.3 Å². The largest absolute Gasteiger partial charge is 0.392 e. The normalized spacial score (nSPS) is 13.4. The molecule has 0 saturated carbocycles. The monoisotopic (exact) mass is 375 g/mol. The molecule has 2 unspecified atom stereocenters. The Morgan fingerprint density at radius 2 is 2.15 bits per heavy atom. The predicted molar refractivity (Wildman–Crippen MR) is 97.7 cm³/mol. The van der Waals surface area contributed by atoms with Crippen LogP contribution in [0.4, 0.5) is 10.3 Å². The van der Waals surface area contributed by atoms with Crippen molar-refractivity contribution >= 4 is 33.4 Å². The summed E-state index contributed by atoms with van der Waals surface area (Å²) in [7, 11) is 0. The fourth-order valence-corrected chi connectivity index (χ4v) is 3.17. The molecule has 0 saturated heterocycles. The Bertz CT molecular complexity index is 930. The van der Waals surface area contributed by atoms with Gasteiger partial charge in [0, 0.05) is 12.7 Å². The molecule has 9 heteroatoms. The average Bonchev–Trinajstić information content (AvgIpc) is 3.07. The summed E-state index contributed by atoms with van der Waals surface area (Å²) in [4.78, 5) is 25.0. The number of amides is 1. The van der Waals surface area contributed by atoms with E-state index in [4.69, 9.17) is 0 Å². The van der Waals surface area contributed by atoms with Crippen LogP contribution in [-0.2, 0) is 0 Å². The maximum atomic E-state index is 13.4. The van der Waals surface area contributed by atoms with Gasteiger partial charge in [-0.05, 0) is 36.9 Å². The van der Waals surface area contributed by atoms with Gasteiger partial charge in [-0.2, -0.15) is 0 Å². The van der Waals surface area contributed by atoms with Crippen LogP contribution in [0.1, 0.15) is 35.9 Å². The molecular weight excluding hydrogens is 357 g/mol. The summed E-state index contributed by atoms with van der Waals surface area (Å²) in [5.74, 6) is -0.553. The lowest BCUT2D eigenvalue weighted by Gasteiger charge is -2.15. The minimum absolute atomic E-state index is 0.129. The van der Waals surface area contributed by atoms with Gasteiger partial charge in [-0.1, -0.05) is 0 Å². The van der Waals surface area contributed by atoms with Crippen molar-refractivity contribution in [2.45, 2.75) is 26.0 Å². The number of anilines is 1. The Hall–Kier alpha value is -2.65. The fourth-order valence-electron chi connectivity index (χ4n) is 2.35. The van der Waals surface area contributed by atoms with Gasteiger partial charge < -0.3 is 15.7 Å². The Morgan fingerprint density at radius 3 is 2.88 bits per heavy atom. The molecule has 3 rings (SSSR count). The molecule has 0 bridgehead atoms. The van der Waals surface area contributed by atoms with Crippen LogP contribution in [0.3, 0.4) is 0 Å². The third-order valence-corrected chi connectivity index (χ3v) is 4.56. The number of aliphatic hydroxyl groups excluding tert-OH is 1. The van der Waals surface area contributed by atoms with Crippen molar-refractivity contribution in [2.24, 2.45) is 0 Å². The molecule has 0 radical (unpaired) electrons. The van der Waals surface area contributed by atoms with Crippen LogP contribution in [0.25, 0.3) is 10.2 Å².